The van der Waals surface area contributed by atoms with Crippen molar-refractivity contribution in [1.29, 1.82) is 0 Å². The lowest BCUT2D eigenvalue weighted by Crippen LogP contribution is -2.36. The molecular weight excluding hydrogens is 240 g/mol. The van der Waals surface area contributed by atoms with Crippen molar-refractivity contribution in [3.63, 3.8) is 0 Å². The van der Waals surface area contributed by atoms with Gasteiger partial charge in [0, 0.05) is 12.6 Å². The molecule has 0 aliphatic heterocycles. The third-order valence-electron chi connectivity index (χ3n) is 3.08. The van der Waals surface area contributed by atoms with Crippen molar-refractivity contribution in [2.24, 2.45) is 5.73 Å². The van der Waals surface area contributed by atoms with Gasteiger partial charge in [0.05, 0.1) is 7.11 Å². The predicted octanol–water partition coefficient (Wildman–Crippen LogP) is 2.13. The van der Waals surface area contributed by atoms with Gasteiger partial charge in [0.15, 0.2) is 11.5 Å². The third-order valence-corrected chi connectivity index (χ3v) is 3.08. The third kappa shape index (κ3) is 5.49. The van der Waals surface area contributed by atoms with Crippen LogP contribution in [-0.2, 0) is 0 Å². The van der Waals surface area contributed by atoms with Gasteiger partial charge in [-0.2, -0.15) is 0 Å². The van der Waals surface area contributed by atoms with Crippen LogP contribution in [0.25, 0.3) is 0 Å². The Kier molecular flexibility index (Phi) is 7.30. The molecule has 0 atom stereocenters. The molecule has 4 nitrogen and oxygen atoms in total. The van der Waals surface area contributed by atoms with E-state index in [0.717, 1.165) is 37.6 Å². The van der Waals surface area contributed by atoms with Crippen LogP contribution in [0, 0.1) is 0 Å². The van der Waals surface area contributed by atoms with Crippen LogP contribution < -0.4 is 15.2 Å². The van der Waals surface area contributed by atoms with Crippen LogP contribution in [0.1, 0.15) is 20.3 Å². The lowest BCUT2D eigenvalue weighted by atomic mass is 10.3. The maximum absolute atomic E-state index is 5.79. The van der Waals surface area contributed by atoms with Gasteiger partial charge in [-0.05, 0) is 45.5 Å². The lowest BCUT2D eigenvalue weighted by molar-refractivity contribution is 0.172. The highest BCUT2D eigenvalue weighted by molar-refractivity contribution is 5.39. The number of para-hydroxylation sites is 2. The van der Waals surface area contributed by atoms with Crippen molar-refractivity contribution < 1.29 is 9.47 Å². The quantitative estimate of drug-likeness (QED) is 0.744. The minimum atomic E-state index is 0.507. The Morgan fingerprint density at radius 3 is 2.42 bits per heavy atom. The van der Waals surface area contributed by atoms with E-state index in [-0.39, 0.29) is 0 Å². The summed E-state index contributed by atoms with van der Waals surface area (Å²) < 4.78 is 11.1. The molecule has 1 rings (SSSR count). The zero-order valence-electron chi connectivity index (χ0n) is 12.3. The van der Waals surface area contributed by atoms with Crippen LogP contribution in [0.15, 0.2) is 24.3 Å². The summed E-state index contributed by atoms with van der Waals surface area (Å²) in [6.07, 6.45) is 1.02. The van der Waals surface area contributed by atoms with E-state index >= 15 is 0 Å². The van der Waals surface area contributed by atoms with E-state index in [9.17, 15) is 0 Å². The van der Waals surface area contributed by atoms with E-state index in [2.05, 4.69) is 18.7 Å². The Labute approximate surface area is 116 Å². The second kappa shape index (κ2) is 8.77. The van der Waals surface area contributed by atoms with Gasteiger partial charge in [-0.1, -0.05) is 12.1 Å². The van der Waals surface area contributed by atoms with Gasteiger partial charge in [-0.25, -0.2) is 0 Å². The van der Waals surface area contributed by atoms with Gasteiger partial charge in [-0.3, -0.25) is 4.90 Å². The van der Waals surface area contributed by atoms with E-state index in [0.29, 0.717) is 12.6 Å². The Bertz CT molecular complexity index is 356. The van der Waals surface area contributed by atoms with Crippen LogP contribution in [0.2, 0.25) is 0 Å². The first-order valence-electron chi connectivity index (χ1n) is 6.89. The van der Waals surface area contributed by atoms with E-state index in [1.807, 2.05) is 24.3 Å². The number of methoxy groups -OCH3 is 1. The number of rotatable bonds is 9. The van der Waals surface area contributed by atoms with Gasteiger partial charge < -0.3 is 15.2 Å². The first-order valence-corrected chi connectivity index (χ1v) is 6.89. The smallest absolute Gasteiger partial charge is 0.161 e. The molecule has 0 spiro atoms. The summed E-state index contributed by atoms with van der Waals surface area (Å²) >= 11 is 0. The summed E-state index contributed by atoms with van der Waals surface area (Å²) in [6, 6.07) is 8.23. The Hall–Kier alpha value is -1.26. The molecule has 0 heterocycles. The largest absolute Gasteiger partial charge is 0.493 e. The molecule has 0 saturated carbocycles. The number of ether oxygens (including phenoxy) is 2. The Balaban J connectivity index is 2.42. The molecule has 19 heavy (non-hydrogen) atoms. The molecule has 4 heteroatoms. The van der Waals surface area contributed by atoms with Crippen molar-refractivity contribution in [3.05, 3.63) is 24.3 Å². The van der Waals surface area contributed by atoms with E-state index < -0.39 is 0 Å². The van der Waals surface area contributed by atoms with E-state index in [1.54, 1.807) is 7.11 Å². The van der Waals surface area contributed by atoms with Gasteiger partial charge >= 0.3 is 0 Å². The van der Waals surface area contributed by atoms with Crippen molar-refractivity contribution in [2.75, 3.05) is 33.4 Å². The van der Waals surface area contributed by atoms with Gasteiger partial charge in [0.2, 0.25) is 0 Å². The highest BCUT2D eigenvalue weighted by Crippen LogP contribution is 2.25. The number of nitrogens with zero attached hydrogens (tertiary/aromatic N) is 1. The highest BCUT2D eigenvalue weighted by atomic mass is 16.5. The second-order valence-electron chi connectivity index (χ2n) is 4.77. The maximum Gasteiger partial charge on any atom is 0.161 e. The molecule has 0 radical (unpaired) electrons. The topological polar surface area (TPSA) is 47.7 Å². The molecule has 0 aliphatic carbocycles. The molecule has 0 aliphatic rings. The molecular formula is C15H26N2O2. The van der Waals surface area contributed by atoms with Gasteiger partial charge in [0.25, 0.3) is 0 Å². The minimum absolute atomic E-state index is 0.507. The molecule has 1 aromatic carbocycles. The molecule has 0 saturated heterocycles. The van der Waals surface area contributed by atoms with Crippen molar-refractivity contribution in [3.8, 4) is 11.5 Å². The molecule has 0 aromatic heterocycles. The molecule has 0 unspecified atom stereocenters. The monoisotopic (exact) mass is 266 g/mol. The second-order valence-corrected chi connectivity index (χ2v) is 4.77. The summed E-state index contributed by atoms with van der Waals surface area (Å²) in [4.78, 5) is 2.38. The zero-order valence-corrected chi connectivity index (χ0v) is 12.3. The van der Waals surface area contributed by atoms with Crippen LogP contribution in [0.3, 0.4) is 0 Å². The normalized spacial score (nSPS) is 11.1. The SMILES string of the molecule is COc1ccccc1OCCN(CCCN)C(C)C. The summed E-state index contributed by atoms with van der Waals surface area (Å²) in [7, 11) is 1.66. The Morgan fingerprint density at radius 2 is 1.84 bits per heavy atom. The van der Waals surface area contributed by atoms with Gasteiger partial charge in [-0.15, -0.1) is 0 Å². The first-order chi connectivity index (χ1) is 9.19. The average Bonchev–Trinajstić information content (AvgIpc) is 2.42. The highest BCUT2D eigenvalue weighted by Gasteiger charge is 2.09. The molecule has 0 fully saturated rings. The fraction of sp³-hybridized carbons (Fsp3) is 0.600. The zero-order chi connectivity index (χ0) is 14.1. The summed E-state index contributed by atoms with van der Waals surface area (Å²) in [5.41, 5.74) is 5.56. The van der Waals surface area contributed by atoms with Crippen LogP contribution in [0.5, 0.6) is 11.5 Å². The van der Waals surface area contributed by atoms with Crippen LogP contribution in [-0.4, -0.2) is 44.3 Å². The summed E-state index contributed by atoms with van der Waals surface area (Å²) in [6.45, 7) is 7.69. The minimum Gasteiger partial charge on any atom is -0.493 e. The lowest BCUT2D eigenvalue weighted by Gasteiger charge is -2.26. The number of benzene rings is 1. The average molecular weight is 266 g/mol. The van der Waals surface area contributed by atoms with Crippen LogP contribution in [0.4, 0.5) is 0 Å². The fourth-order valence-electron chi connectivity index (χ4n) is 1.93. The van der Waals surface area contributed by atoms with Crippen molar-refractivity contribution in [2.45, 2.75) is 26.3 Å². The van der Waals surface area contributed by atoms with Gasteiger partial charge in [0.1, 0.15) is 6.61 Å². The van der Waals surface area contributed by atoms with Crippen molar-refractivity contribution >= 4 is 0 Å². The fourth-order valence-corrected chi connectivity index (χ4v) is 1.93. The van der Waals surface area contributed by atoms with Crippen molar-refractivity contribution in [1.82, 2.24) is 4.90 Å². The first kappa shape index (κ1) is 15.8. The van der Waals surface area contributed by atoms with Crippen LogP contribution >= 0.6 is 0 Å². The number of hydrogen-bond donors (Lipinski definition) is 1. The standard InChI is InChI=1S/C15H26N2O2/c1-13(2)17(10-6-9-16)11-12-19-15-8-5-4-7-14(15)18-3/h4-5,7-8,13H,6,9-12,16H2,1-3H3. The van der Waals surface area contributed by atoms with E-state index in [4.69, 9.17) is 15.2 Å². The van der Waals surface area contributed by atoms with E-state index in [1.165, 1.54) is 0 Å². The number of nitrogens with two attached hydrogens (primary N) is 1. The predicted molar refractivity (Wildman–Crippen MR) is 78.9 cm³/mol. The maximum atomic E-state index is 5.79. The molecule has 2 N–H and O–H groups in total. The molecule has 1 aromatic rings. The number of hydrogen-bond acceptors (Lipinski definition) is 4. The molecule has 0 bridgehead atoms. The molecule has 0 amide bonds. The Morgan fingerprint density at radius 1 is 1.16 bits per heavy atom. The summed E-state index contributed by atoms with van der Waals surface area (Å²) in [5, 5.41) is 0. The molecule has 108 valence electrons. The summed E-state index contributed by atoms with van der Waals surface area (Å²) in [5.74, 6) is 1.58.